The molecule has 1 aliphatic heterocycles. The quantitative estimate of drug-likeness (QED) is 0.725. The van der Waals surface area contributed by atoms with E-state index in [0.29, 0.717) is 22.2 Å². The Balaban J connectivity index is 1.81. The number of para-hydroxylation sites is 1. The van der Waals surface area contributed by atoms with Gasteiger partial charge < -0.3 is 10.1 Å². The summed E-state index contributed by atoms with van der Waals surface area (Å²) < 4.78 is 31.8. The van der Waals surface area contributed by atoms with Crippen molar-refractivity contribution in [2.75, 3.05) is 5.32 Å². The van der Waals surface area contributed by atoms with Gasteiger partial charge in [-0.3, -0.25) is 0 Å². The first-order chi connectivity index (χ1) is 12.6. The number of nitrogens with zero attached hydrogens (tertiary/aromatic N) is 3. The van der Waals surface area contributed by atoms with Crippen LogP contribution >= 0.6 is 11.6 Å². The van der Waals surface area contributed by atoms with Gasteiger partial charge in [0, 0.05) is 10.6 Å². The zero-order valence-electron chi connectivity index (χ0n) is 13.3. The van der Waals surface area contributed by atoms with Crippen molar-refractivity contribution in [2.45, 2.75) is 12.7 Å². The molecule has 4 rings (SSSR count). The highest BCUT2D eigenvalue weighted by atomic mass is 35.5. The molecule has 0 bridgehead atoms. The predicted molar refractivity (Wildman–Crippen MR) is 94.3 cm³/mol. The summed E-state index contributed by atoms with van der Waals surface area (Å²) in [6.45, 7) is -2.91. The molecule has 3 aromatic rings. The normalized spacial score (nSPS) is 16.0. The molecule has 1 N–H and O–H groups in total. The zero-order chi connectivity index (χ0) is 18.1. The van der Waals surface area contributed by atoms with Crippen molar-refractivity contribution in [1.82, 2.24) is 14.8 Å². The number of ether oxygens (including phenoxy) is 1. The van der Waals surface area contributed by atoms with Gasteiger partial charge in [0.2, 0.25) is 5.95 Å². The third-order valence-corrected chi connectivity index (χ3v) is 4.23. The monoisotopic (exact) mass is 374 g/mol. The van der Waals surface area contributed by atoms with Crippen LogP contribution in [0.2, 0.25) is 5.02 Å². The second-order valence-electron chi connectivity index (χ2n) is 5.61. The molecule has 0 saturated heterocycles. The predicted octanol–water partition coefficient (Wildman–Crippen LogP) is 4.59. The number of fused-ring (bicyclic) bond motifs is 1. The lowest BCUT2D eigenvalue weighted by atomic mass is 10.0. The maximum Gasteiger partial charge on any atom is 0.387 e. The van der Waals surface area contributed by atoms with Crippen LogP contribution in [0.1, 0.15) is 17.2 Å². The highest BCUT2D eigenvalue weighted by Gasteiger charge is 2.25. The van der Waals surface area contributed by atoms with Crippen LogP contribution in [0.25, 0.3) is 5.70 Å². The van der Waals surface area contributed by atoms with E-state index in [0.717, 1.165) is 5.56 Å². The molecule has 26 heavy (non-hydrogen) atoms. The third kappa shape index (κ3) is 3.13. The first-order valence-electron chi connectivity index (χ1n) is 7.80. The van der Waals surface area contributed by atoms with Crippen LogP contribution in [0, 0.1) is 0 Å². The smallest absolute Gasteiger partial charge is 0.387 e. The van der Waals surface area contributed by atoms with Crippen molar-refractivity contribution in [1.29, 1.82) is 0 Å². The highest BCUT2D eigenvalue weighted by Crippen LogP contribution is 2.36. The fourth-order valence-corrected chi connectivity index (χ4v) is 3.11. The zero-order valence-corrected chi connectivity index (χ0v) is 14.1. The van der Waals surface area contributed by atoms with E-state index < -0.39 is 6.61 Å². The molecule has 0 aliphatic carbocycles. The number of benzene rings is 2. The van der Waals surface area contributed by atoms with Crippen molar-refractivity contribution >= 4 is 23.2 Å². The summed E-state index contributed by atoms with van der Waals surface area (Å²) in [4.78, 5) is 4.20. The molecule has 0 amide bonds. The molecule has 1 aromatic heterocycles. The number of hydrogen-bond acceptors (Lipinski definition) is 4. The maximum atomic E-state index is 12.7. The highest BCUT2D eigenvalue weighted by molar-refractivity contribution is 6.30. The van der Waals surface area contributed by atoms with E-state index in [1.165, 1.54) is 12.4 Å². The molecule has 8 heteroatoms. The molecule has 2 heterocycles. The largest absolute Gasteiger partial charge is 0.434 e. The lowest BCUT2D eigenvalue weighted by Crippen LogP contribution is -2.20. The molecule has 0 fully saturated rings. The number of alkyl halides is 2. The van der Waals surface area contributed by atoms with Gasteiger partial charge in [-0.1, -0.05) is 35.9 Å². The molecule has 0 spiro atoms. The van der Waals surface area contributed by atoms with Gasteiger partial charge in [0.1, 0.15) is 18.1 Å². The maximum absolute atomic E-state index is 12.7. The number of nitrogens with one attached hydrogen (secondary N) is 1. The van der Waals surface area contributed by atoms with Gasteiger partial charge in [0.15, 0.2) is 0 Å². The van der Waals surface area contributed by atoms with Crippen molar-refractivity contribution in [2.24, 2.45) is 0 Å². The van der Waals surface area contributed by atoms with Crippen molar-refractivity contribution in [3.63, 3.8) is 0 Å². The van der Waals surface area contributed by atoms with E-state index in [-0.39, 0.29) is 11.8 Å². The molecule has 1 atom stereocenters. The minimum absolute atomic E-state index is 0.0825. The van der Waals surface area contributed by atoms with Crippen LogP contribution in [-0.4, -0.2) is 21.4 Å². The molecule has 2 aromatic carbocycles. The summed E-state index contributed by atoms with van der Waals surface area (Å²) in [6, 6.07) is 13.7. The Hall–Kier alpha value is -2.93. The van der Waals surface area contributed by atoms with Crippen LogP contribution in [0.3, 0.4) is 0 Å². The van der Waals surface area contributed by atoms with Gasteiger partial charge in [0.05, 0.1) is 5.70 Å². The van der Waals surface area contributed by atoms with Crippen LogP contribution in [0.4, 0.5) is 14.7 Å². The SMILES string of the molecule is FC(F)Oc1ccccc1C1=C[C@H](c2cccc(Cl)c2)n2ncnc2N1. The Bertz CT molecular complexity index is 973. The standard InChI is InChI=1S/C18H13ClF2N4O/c19-12-5-3-4-11(8-12)15-9-14(24-18-22-10-23-25(15)18)13-6-1-2-7-16(13)26-17(20)21/h1-10,15,17H,(H,22,23,24)/t15-/m1/s1. The third-order valence-electron chi connectivity index (χ3n) is 3.99. The van der Waals surface area contributed by atoms with E-state index in [2.05, 4.69) is 20.1 Å². The number of rotatable bonds is 4. The number of hydrogen-bond donors (Lipinski definition) is 1. The second-order valence-corrected chi connectivity index (χ2v) is 6.04. The lowest BCUT2D eigenvalue weighted by Gasteiger charge is -2.25. The van der Waals surface area contributed by atoms with Crippen LogP contribution < -0.4 is 10.1 Å². The number of anilines is 1. The summed E-state index contributed by atoms with van der Waals surface area (Å²) in [5, 5.41) is 7.96. The fourth-order valence-electron chi connectivity index (χ4n) is 2.91. The van der Waals surface area contributed by atoms with Gasteiger partial charge in [-0.2, -0.15) is 18.9 Å². The summed E-state index contributed by atoms with van der Waals surface area (Å²) >= 11 is 6.12. The summed E-state index contributed by atoms with van der Waals surface area (Å²) in [7, 11) is 0. The molecular formula is C18H13ClF2N4O. The molecule has 5 nitrogen and oxygen atoms in total. The Morgan fingerprint density at radius 2 is 2.00 bits per heavy atom. The Morgan fingerprint density at radius 1 is 1.15 bits per heavy atom. The first kappa shape index (κ1) is 16.5. The van der Waals surface area contributed by atoms with Crippen LogP contribution in [0.5, 0.6) is 5.75 Å². The van der Waals surface area contributed by atoms with E-state index in [9.17, 15) is 8.78 Å². The minimum atomic E-state index is -2.91. The number of allylic oxidation sites excluding steroid dienone is 1. The molecule has 1 aliphatic rings. The van der Waals surface area contributed by atoms with E-state index >= 15 is 0 Å². The van der Waals surface area contributed by atoms with E-state index in [1.54, 1.807) is 28.9 Å². The average molecular weight is 375 g/mol. The summed E-state index contributed by atoms with van der Waals surface area (Å²) in [6.07, 6.45) is 3.30. The molecule has 0 unspecified atom stereocenters. The Labute approximate surface area is 152 Å². The van der Waals surface area contributed by atoms with Gasteiger partial charge in [-0.05, 0) is 35.9 Å². The molecule has 0 saturated carbocycles. The Morgan fingerprint density at radius 3 is 2.81 bits per heavy atom. The lowest BCUT2D eigenvalue weighted by molar-refractivity contribution is -0.0500. The molecule has 132 valence electrons. The minimum Gasteiger partial charge on any atom is -0.434 e. The molecule has 0 radical (unpaired) electrons. The van der Waals surface area contributed by atoms with Gasteiger partial charge in [0.25, 0.3) is 0 Å². The Kier molecular flexibility index (Phi) is 4.30. The fraction of sp³-hybridized carbons (Fsp3) is 0.111. The molecular weight excluding hydrogens is 362 g/mol. The van der Waals surface area contributed by atoms with Gasteiger partial charge in [-0.15, -0.1) is 0 Å². The van der Waals surface area contributed by atoms with Gasteiger partial charge in [-0.25, -0.2) is 4.68 Å². The summed E-state index contributed by atoms with van der Waals surface area (Å²) in [5.41, 5.74) is 2.01. The van der Waals surface area contributed by atoms with Crippen LogP contribution in [0.15, 0.2) is 60.9 Å². The average Bonchev–Trinajstić information content (AvgIpc) is 3.09. The first-order valence-corrected chi connectivity index (χ1v) is 8.17. The van der Waals surface area contributed by atoms with Crippen molar-refractivity contribution < 1.29 is 13.5 Å². The second kappa shape index (κ2) is 6.76. The number of aromatic nitrogens is 3. The van der Waals surface area contributed by atoms with Crippen LogP contribution in [-0.2, 0) is 0 Å². The van der Waals surface area contributed by atoms with E-state index in [1.807, 2.05) is 24.3 Å². The topological polar surface area (TPSA) is 52.0 Å². The summed E-state index contributed by atoms with van der Waals surface area (Å²) in [5.74, 6) is 0.582. The van der Waals surface area contributed by atoms with Gasteiger partial charge >= 0.3 is 6.61 Å². The van der Waals surface area contributed by atoms with Crippen molar-refractivity contribution in [3.05, 3.63) is 77.1 Å². The van der Waals surface area contributed by atoms with E-state index in [4.69, 9.17) is 11.6 Å². The number of halogens is 3. The van der Waals surface area contributed by atoms with Crippen molar-refractivity contribution in [3.8, 4) is 5.75 Å².